The maximum atomic E-state index is 6.10. The summed E-state index contributed by atoms with van der Waals surface area (Å²) in [4.78, 5) is 0. The average molecular weight is 412 g/mol. The van der Waals surface area contributed by atoms with Crippen LogP contribution >= 0.6 is 27.5 Å². The number of rotatable bonds is 7. The van der Waals surface area contributed by atoms with Crippen molar-refractivity contribution in [3.05, 3.63) is 51.0 Å². The molecule has 6 heteroatoms. The van der Waals surface area contributed by atoms with Crippen LogP contribution in [-0.4, -0.2) is 19.4 Å². The molecular weight excluding hydrogens is 392 g/mol. The summed E-state index contributed by atoms with van der Waals surface area (Å²) in [6, 6.07) is 9.54. The molecule has 0 fully saturated rings. The van der Waals surface area contributed by atoms with Gasteiger partial charge in [0.05, 0.1) is 29.6 Å². The highest BCUT2D eigenvalue weighted by atomic mass is 79.9. The molecule has 24 heavy (non-hydrogen) atoms. The summed E-state index contributed by atoms with van der Waals surface area (Å²) in [7, 11) is 0. The summed E-state index contributed by atoms with van der Waals surface area (Å²) >= 11 is 9.62. The van der Waals surface area contributed by atoms with Gasteiger partial charge in [-0.25, -0.2) is 0 Å². The van der Waals surface area contributed by atoms with Gasteiger partial charge in [0.15, 0.2) is 11.5 Å². The van der Waals surface area contributed by atoms with E-state index in [1.165, 1.54) is 0 Å². The van der Waals surface area contributed by atoms with Crippen molar-refractivity contribution in [2.45, 2.75) is 20.8 Å². The third-order valence-corrected chi connectivity index (χ3v) is 4.20. The molecule has 128 valence electrons. The molecule has 4 nitrogen and oxygen atoms in total. The monoisotopic (exact) mass is 410 g/mol. The second-order valence-electron chi connectivity index (χ2n) is 5.03. The van der Waals surface area contributed by atoms with Gasteiger partial charge in [0.2, 0.25) is 0 Å². The fourth-order valence-corrected chi connectivity index (χ4v) is 2.81. The number of ether oxygens (including phenoxy) is 2. The van der Waals surface area contributed by atoms with Crippen molar-refractivity contribution in [3.63, 3.8) is 0 Å². The van der Waals surface area contributed by atoms with Crippen LogP contribution in [0.1, 0.15) is 25.0 Å². The van der Waals surface area contributed by atoms with E-state index in [9.17, 15) is 0 Å². The highest BCUT2D eigenvalue weighted by Crippen LogP contribution is 2.36. The van der Waals surface area contributed by atoms with Gasteiger partial charge in [0.1, 0.15) is 0 Å². The first-order valence-corrected chi connectivity index (χ1v) is 8.86. The van der Waals surface area contributed by atoms with Gasteiger partial charge < -0.3 is 9.47 Å². The van der Waals surface area contributed by atoms with Crippen LogP contribution in [-0.2, 0) is 0 Å². The van der Waals surface area contributed by atoms with E-state index < -0.39 is 0 Å². The second-order valence-corrected chi connectivity index (χ2v) is 6.29. The largest absolute Gasteiger partial charge is 0.490 e. The van der Waals surface area contributed by atoms with E-state index in [1.807, 2.05) is 51.1 Å². The van der Waals surface area contributed by atoms with Gasteiger partial charge in [-0.2, -0.15) is 5.10 Å². The Balaban J connectivity index is 2.17. The molecule has 0 atom stereocenters. The van der Waals surface area contributed by atoms with E-state index in [0.717, 1.165) is 21.3 Å². The minimum Gasteiger partial charge on any atom is -0.490 e. The zero-order valence-corrected chi connectivity index (χ0v) is 16.2. The Morgan fingerprint density at radius 1 is 1.17 bits per heavy atom. The molecule has 2 aromatic rings. The van der Waals surface area contributed by atoms with Crippen molar-refractivity contribution in [1.29, 1.82) is 0 Å². The van der Waals surface area contributed by atoms with Crippen molar-refractivity contribution >= 4 is 39.4 Å². The lowest BCUT2D eigenvalue weighted by molar-refractivity contribution is 0.286. The predicted octanol–water partition coefficient (Wildman–Crippen LogP) is 5.65. The minimum absolute atomic E-state index is 0.563. The number of nitrogens with one attached hydrogen (secondary N) is 1. The van der Waals surface area contributed by atoms with E-state index in [1.54, 1.807) is 6.21 Å². The third-order valence-electron chi connectivity index (χ3n) is 3.20. The number of hydrogen-bond donors (Lipinski definition) is 1. The summed E-state index contributed by atoms with van der Waals surface area (Å²) in [5.41, 5.74) is 5.72. The first kappa shape index (κ1) is 18.6. The van der Waals surface area contributed by atoms with Crippen LogP contribution in [0.3, 0.4) is 0 Å². The van der Waals surface area contributed by atoms with Crippen molar-refractivity contribution in [3.8, 4) is 11.5 Å². The Hall–Kier alpha value is -1.72. The van der Waals surface area contributed by atoms with Gasteiger partial charge in [-0.3, -0.25) is 5.43 Å². The standard InChI is InChI=1S/C18H20BrClN2O2/c1-4-23-17-9-13(8-15(19)18(17)24-5-2)11-21-22-14-7-6-12(3)16(20)10-14/h6-11,22H,4-5H2,1-3H3/b21-11+. The molecule has 0 radical (unpaired) electrons. The van der Waals surface area contributed by atoms with E-state index in [4.69, 9.17) is 21.1 Å². The molecule has 0 unspecified atom stereocenters. The predicted molar refractivity (Wildman–Crippen MR) is 104 cm³/mol. The smallest absolute Gasteiger partial charge is 0.175 e. The normalized spacial score (nSPS) is 10.9. The Morgan fingerprint density at radius 3 is 2.58 bits per heavy atom. The Morgan fingerprint density at radius 2 is 1.92 bits per heavy atom. The number of hydrogen-bond acceptors (Lipinski definition) is 4. The molecule has 2 rings (SSSR count). The van der Waals surface area contributed by atoms with Gasteiger partial charge in [0.25, 0.3) is 0 Å². The van der Waals surface area contributed by atoms with Crippen LogP contribution < -0.4 is 14.9 Å². The molecule has 2 aromatic carbocycles. The lowest BCUT2D eigenvalue weighted by atomic mass is 10.2. The molecule has 0 amide bonds. The number of nitrogens with zero attached hydrogens (tertiary/aromatic N) is 1. The van der Waals surface area contributed by atoms with E-state index >= 15 is 0 Å². The van der Waals surface area contributed by atoms with Gasteiger partial charge in [-0.15, -0.1) is 0 Å². The summed E-state index contributed by atoms with van der Waals surface area (Å²) < 4.78 is 12.1. The zero-order chi connectivity index (χ0) is 17.5. The van der Waals surface area contributed by atoms with Crippen LogP contribution in [0.4, 0.5) is 5.69 Å². The highest BCUT2D eigenvalue weighted by Gasteiger charge is 2.11. The summed E-state index contributed by atoms with van der Waals surface area (Å²) in [6.45, 7) is 6.97. The maximum absolute atomic E-state index is 6.10. The molecule has 0 aliphatic heterocycles. The van der Waals surface area contributed by atoms with Crippen LogP contribution in [0.2, 0.25) is 5.02 Å². The number of aryl methyl sites for hydroxylation is 1. The van der Waals surface area contributed by atoms with Crippen LogP contribution in [0, 0.1) is 6.92 Å². The topological polar surface area (TPSA) is 42.8 Å². The van der Waals surface area contributed by atoms with Gasteiger partial charge in [-0.1, -0.05) is 17.7 Å². The number of halogens is 2. The fourth-order valence-electron chi connectivity index (χ4n) is 2.05. The molecular formula is C18H20BrClN2O2. The lowest BCUT2D eigenvalue weighted by Gasteiger charge is -2.13. The SMILES string of the molecule is CCOc1cc(/C=N/Nc2ccc(C)c(Cl)c2)cc(Br)c1OCC. The number of benzene rings is 2. The van der Waals surface area contributed by atoms with Crippen LogP contribution in [0.5, 0.6) is 11.5 Å². The molecule has 1 N–H and O–H groups in total. The van der Waals surface area contributed by atoms with Crippen molar-refractivity contribution < 1.29 is 9.47 Å². The second kappa shape index (κ2) is 8.94. The summed E-state index contributed by atoms with van der Waals surface area (Å²) in [5.74, 6) is 1.39. The van der Waals surface area contributed by atoms with E-state index in [2.05, 4.69) is 26.5 Å². The third kappa shape index (κ3) is 4.89. The Bertz CT molecular complexity index is 735. The zero-order valence-electron chi connectivity index (χ0n) is 13.9. The summed E-state index contributed by atoms with van der Waals surface area (Å²) in [5, 5.41) is 4.96. The van der Waals surface area contributed by atoms with Crippen LogP contribution in [0.25, 0.3) is 0 Å². The van der Waals surface area contributed by atoms with Crippen LogP contribution in [0.15, 0.2) is 39.9 Å². The lowest BCUT2D eigenvalue weighted by Crippen LogP contribution is -2.00. The molecule has 0 heterocycles. The highest BCUT2D eigenvalue weighted by molar-refractivity contribution is 9.10. The molecule has 0 aromatic heterocycles. The first-order valence-electron chi connectivity index (χ1n) is 7.69. The van der Waals surface area contributed by atoms with E-state index in [-0.39, 0.29) is 0 Å². The molecule has 0 aliphatic rings. The molecule has 0 aliphatic carbocycles. The Kier molecular flexibility index (Phi) is 6.94. The minimum atomic E-state index is 0.563. The van der Waals surface area contributed by atoms with Crippen molar-refractivity contribution in [1.82, 2.24) is 0 Å². The van der Waals surface area contributed by atoms with Crippen molar-refractivity contribution in [2.75, 3.05) is 18.6 Å². The molecule has 0 saturated carbocycles. The fraction of sp³-hybridized carbons (Fsp3) is 0.278. The van der Waals surface area contributed by atoms with Gasteiger partial charge >= 0.3 is 0 Å². The maximum Gasteiger partial charge on any atom is 0.175 e. The van der Waals surface area contributed by atoms with Gasteiger partial charge in [0, 0.05) is 5.02 Å². The van der Waals surface area contributed by atoms with Crippen molar-refractivity contribution in [2.24, 2.45) is 5.10 Å². The Labute approximate surface area is 155 Å². The first-order chi connectivity index (χ1) is 11.5. The van der Waals surface area contributed by atoms with Gasteiger partial charge in [-0.05, 0) is 72.1 Å². The molecule has 0 bridgehead atoms. The van der Waals surface area contributed by atoms with E-state index in [0.29, 0.717) is 29.7 Å². The number of hydrazone groups is 1. The average Bonchev–Trinajstić information content (AvgIpc) is 2.54. The number of anilines is 1. The molecule has 0 spiro atoms. The quantitative estimate of drug-likeness (QED) is 0.472. The molecule has 0 saturated heterocycles. The summed E-state index contributed by atoms with van der Waals surface area (Å²) in [6.07, 6.45) is 1.72.